The van der Waals surface area contributed by atoms with E-state index in [9.17, 15) is 9.90 Å². The van der Waals surface area contributed by atoms with Crippen molar-refractivity contribution in [3.05, 3.63) is 0 Å². The molecule has 1 amide bonds. The van der Waals surface area contributed by atoms with Crippen LogP contribution in [0.4, 0.5) is 0 Å². The van der Waals surface area contributed by atoms with Gasteiger partial charge in [0.1, 0.15) is 0 Å². The molecular formula is C15H28N2O2. The van der Waals surface area contributed by atoms with Crippen LogP contribution in [-0.2, 0) is 4.79 Å². The van der Waals surface area contributed by atoms with Crippen molar-refractivity contribution in [2.45, 2.75) is 57.9 Å². The summed E-state index contributed by atoms with van der Waals surface area (Å²) in [4.78, 5) is 15.0. The van der Waals surface area contributed by atoms with Crippen molar-refractivity contribution in [1.82, 2.24) is 10.2 Å². The molecule has 2 fully saturated rings. The number of hydrogen-bond acceptors (Lipinski definition) is 3. The van der Waals surface area contributed by atoms with E-state index in [4.69, 9.17) is 0 Å². The third-order valence-corrected chi connectivity index (χ3v) is 4.99. The average Bonchev–Trinajstić information content (AvgIpc) is 2.95. The van der Waals surface area contributed by atoms with Gasteiger partial charge in [-0.2, -0.15) is 0 Å². The number of nitrogens with one attached hydrogen (secondary N) is 1. The highest BCUT2D eigenvalue weighted by atomic mass is 16.3. The highest BCUT2D eigenvalue weighted by Gasteiger charge is 2.43. The van der Waals surface area contributed by atoms with E-state index in [2.05, 4.69) is 12.2 Å². The largest absolute Gasteiger partial charge is 0.395 e. The van der Waals surface area contributed by atoms with Crippen molar-refractivity contribution in [1.29, 1.82) is 0 Å². The molecule has 110 valence electrons. The minimum absolute atomic E-state index is 0.0788. The fourth-order valence-corrected chi connectivity index (χ4v) is 3.63. The quantitative estimate of drug-likeness (QED) is 0.795. The number of rotatable bonds is 5. The Morgan fingerprint density at radius 3 is 2.63 bits per heavy atom. The second kappa shape index (κ2) is 6.71. The lowest BCUT2D eigenvalue weighted by Gasteiger charge is -2.39. The molecule has 4 heteroatoms. The van der Waals surface area contributed by atoms with E-state index in [1.54, 1.807) is 0 Å². The summed E-state index contributed by atoms with van der Waals surface area (Å²) in [6.07, 6.45) is 7.79. The summed E-state index contributed by atoms with van der Waals surface area (Å²) in [6, 6.07) is 0.359. The Bertz CT molecular complexity index is 295. The van der Waals surface area contributed by atoms with Crippen molar-refractivity contribution in [3.8, 4) is 0 Å². The van der Waals surface area contributed by atoms with E-state index in [-0.39, 0.29) is 17.9 Å². The van der Waals surface area contributed by atoms with Gasteiger partial charge in [-0.25, -0.2) is 0 Å². The Labute approximate surface area is 116 Å². The fraction of sp³-hybridized carbons (Fsp3) is 0.933. The lowest BCUT2D eigenvalue weighted by Crippen LogP contribution is -2.51. The van der Waals surface area contributed by atoms with Gasteiger partial charge >= 0.3 is 0 Å². The maximum absolute atomic E-state index is 13.0. The van der Waals surface area contributed by atoms with Gasteiger partial charge in [0.2, 0.25) is 5.91 Å². The Hall–Kier alpha value is -0.610. The molecule has 1 saturated heterocycles. The molecule has 19 heavy (non-hydrogen) atoms. The van der Waals surface area contributed by atoms with E-state index in [1.807, 2.05) is 4.90 Å². The highest BCUT2D eigenvalue weighted by molar-refractivity contribution is 5.83. The third kappa shape index (κ3) is 3.11. The zero-order valence-corrected chi connectivity index (χ0v) is 12.2. The molecule has 0 aromatic rings. The van der Waals surface area contributed by atoms with E-state index < -0.39 is 0 Å². The van der Waals surface area contributed by atoms with E-state index in [0.717, 1.165) is 38.8 Å². The van der Waals surface area contributed by atoms with Gasteiger partial charge in [0.05, 0.1) is 12.0 Å². The molecule has 1 unspecified atom stereocenters. The van der Waals surface area contributed by atoms with Gasteiger partial charge in [0, 0.05) is 19.1 Å². The zero-order chi connectivity index (χ0) is 13.7. The Kier molecular flexibility index (Phi) is 5.22. The molecule has 0 radical (unpaired) electrons. The Morgan fingerprint density at radius 1 is 1.37 bits per heavy atom. The number of carbonyl (C=O) groups excluding carboxylic acids is 1. The van der Waals surface area contributed by atoms with E-state index in [1.165, 1.54) is 19.3 Å². The molecule has 1 aliphatic heterocycles. The fourth-order valence-electron chi connectivity index (χ4n) is 3.63. The molecule has 0 spiro atoms. The molecule has 1 heterocycles. The summed E-state index contributed by atoms with van der Waals surface area (Å²) in [7, 11) is 0. The average molecular weight is 268 g/mol. The van der Waals surface area contributed by atoms with Crippen molar-refractivity contribution in [3.63, 3.8) is 0 Å². The van der Waals surface area contributed by atoms with Crippen LogP contribution >= 0.6 is 0 Å². The molecule has 2 N–H and O–H groups in total. The summed E-state index contributed by atoms with van der Waals surface area (Å²) in [5.74, 6) is 0.279. The normalized spacial score (nSPS) is 28.5. The van der Waals surface area contributed by atoms with E-state index in [0.29, 0.717) is 12.6 Å². The van der Waals surface area contributed by atoms with Crippen LogP contribution in [0.1, 0.15) is 51.9 Å². The molecule has 0 bridgehead atoms. The Morgan fingerprint density at radius 2 is 2.11 bits per heavy atom. The zero-order valence-electron chi connectivity index (χ0n) is 12.2. The van der Waals surface area contributed by atoms with Crippen molar-refractivity contribution < 1.29 is 9.90 Å². The molecule has 4 nitrogen and oxygen atoms in total. The molecule has 2 rings (SSSR count). The standard InChI is InChI=1S/C15H28N2O2/c1-2-15(8-9-16-12-15)14(19)17(10-11-18)13-6-4-3-5-7-13/h13,16,18H,2-12H2,1H3. The monoisotopic (exact) mass is 268 g/mol. The van der Waals surface area contributed by atoms with Gasteiger partial charge in [-0.15, -0.1) is 0 Å². The Balaban J connectivity index is 2.10. The molecule has 1 atom stereocenters. The lowest BCUT2D eigenvalue weighted by molar-refractivity contribution is -0.145. The van der Waals surface area contributed by atoms with Crippen molar-refractivity contribution in [2.75, 3.05) is 26.2 Å². The maximum atomic E-state index is 13.0. The smallest absolute Gasteiger partial charge is 0.230 e. The molecular weight excluding hydrogens is 240 g/mol. The molecule has 0 aromatic heterocycles. The van der Waals surface area contributed by atoms with Gasteiger partial charge in [0.15, 0.2) is 0 Å². The predicted octanol–water partition coefficient (Wildman–Crippen LogP) is 1.53. The van der Waals surface area contributed by atoms with Crippen LogP contribution in [0.5, 0.6) is 0 Å². The molecule has 2 aliphatic rings. The summed E-state index contributed by atoms with van der Waals surface area (Å²) < 4.78 is 0. The molecule has 0 aromatic carbocycles. The number of nitrogens with zero attached hydrogens (tertiary/aromatic N) is 1. The predicted molar refractivity (Wildman–Crippen MR) is 75.9 cm³/mol. The molecule has 1 saturated carbocycles. The van der Waals surface area contributed by atoms with Gasteiger partial charge < -0.3 is 15.3 Å². The van der Waals surface area contributed by atoms with Crippen LogP contribution in [0.25, 0.3) is 0 Å². The first kappa shape index (κ1) is 14.8. The van der Waals surface area contributed by atoms with Gasteiger partial charge in [-0.05, 0) is 32.2 Å². The minimum atomic E-state index is -0.216. The van der Waals surface area contributed by atoms with Crippen LogP contribution in [0.3, 0.4) is 0 Å². The van der Waals surface area contributed by atoms with Crippen LogP contribution in [0.15, 0.2) is 0 Å². The first-order valence-electron chi connectivity index (χ1n) is 7.86. The maximum Gasteiger partial charge on any atom is 0.230 e. The van der Waals surface area contributed by atoms with Crippen LogP contribution in [0.2, 0.25) is 0 Å². The number of aliphatic hydroxyl groups excluding tert-OH is 1. The van der Waals surface area contributed by atoms with Crippen molar-refractivity contribution >= 4 is 5.91 Å². The van der Waals surface area contributed by atoms with Gasteiger partial charge in [0.25, 0.3) is 0 Å². The van der Waals surface area contributed by atoms with Crippen LogP contribution in [-0.4, -0.2) is 48.2 Å². The number of amides is 1. The number of hydrogen-bond donors (Lipinski definition) is 2. The third-order valence-electron chi connectivity index (χ3n) is 4.99. The summed E-state index contributed by atoms with van der Waals surface area (Å²) >= 11 is 0. The number of carbonyl (C=O) groups is 1. The van der Waals surface area contributed by atoms with Gasteiger partial charge in [-0.3, -0.25) is 4.79 Å². The molecule has 1 aliphatic carbocycles. The second-order valence-electron chi connectivity index (χ2n) is 6.07. The van der Waals surface area contributed by atoms with E-state index >= 15 is 0 Å². The first-order chi connectivity index (χ1) is 9.23. The topological polar surface area (TPSA) is 52.6 Å². The lowest BCUT2D eigenvalue weighted by atomic mass is 9.81. The van der Waals surface area contributed by atoms with Crippen molar-refractivity contribution in [2.24, 2.45) is 5.41 Å². The summed E-state index contributed by atoms with van der Waals surface area (Å²) in [5, 5.41) is 12.6. The summed E-state index contributed by atoms with van der Waals surface area (Å²) in [6.45, 7) is 4.44. The van der Waals surface area contributed by atoms with Gasteiger partial charge in [-0.1, -0.05) is 26.2 Å². The van der Waals surface area contributed by atoms with Crippen LogP contribution in [0, 0.1) is 5.41 Å². The summed E-state index contributed by atoms with van der Waals surface area (Å²) in [5.41, 5.74) is -0.216. The first-order valence-corrected chi connectivity index (χ1v) is 7.86. The number of aliphatic hydroxyl groups is 1. The highest BCUT2D eigenvalue weighted by Crippen LogP contribution is 2.34. The minimum Gasteiger partial charge on any atom is -0.395 e. The SMILES string of the molecule is CCC1(C(=O)N(CCO)C2CCCCC2)CCNC1. The second-order valence-corrected chi connectivity index (χ2v) is 6.07. The van der Waals surface area contributed by atoms with Crippen LogP contribution < -0.4 is 5.32 Å².